The average Bonchev–Trinajstić information content (AvgIpc) is 1.68. The Morgan fingerprint density at radius 2 is 0.670 bits per heavy atom. The van der Waals surface area contributed by atoms with Crippen molar-refractivity contribution in [1.29, 1.82) is 0 Å². The Bertz CT molecular complexity index is 4350. The summed E-state index contributed by atoms with van der Waals surface area (Å²) in [5.41, 5.74) is 15.0. The number of nitrogens with zero attached hydrogens (tertiary/aromatic N) is 2. The van der Waals surface area contributed by atoms with Gasteiger partial charge in [-0.05, 0) is 218 Å². The molecule has 10 N–H and O–H groups in total. The zero-order chi connectivity index (χ0) is 80.7. The van der Waals surface area contributed by atoms with Crippen LogP contribution < -0.4 is 31.6 Å². The van der Waals surface area contributed by atoms with Crippen LogP contribution in [0.5, 0.6) is 11.5 Å². The minimum absolute atomic E-state index is 0.115. The van der Waals surface area contributed by atoms with Crippen LogP contribution in [0.1, 0.15) is 137 Å². The summed E-state index contributed by atoms with van der Waals surface area (Å²) < 4.78 is 142. The van der Waals surface area contributed by atoms with Gasteiger partial charge in [0.05, 0.1) is 12.2 Å². The number of carbonyl (C=O) groups excluding carboxylic acids is 4. The number of amides is 4. The number of fused-ring (bicyclic) bond motifs is 6. The molecule has 6 aliphatic rings. The first-order valence-electron chi connectivity index (χ1n) is 36.6. The fourth-order valence-corrected chi connectivity index (χ4v) is 15.8. The Morgan fingerprint density at radius 1 is 0.402 bits per heavy atom. The standard InChI is InChI=1S/2C39H40ClF2N3O4.2C2HF3O2/c2*40-29-14-9-24(10-15-29)23-7-12-28(13-8-23)39(41,42)36(38(48)45-31-16-17-32(45)22-30(43)21-31)44-37(47)35(46)27-6-5-26-20-34(18-11-25(26)19-27)49-33-3-1-2-4-33;2*3-2(4,5)1(6)7/h2*5-15,18-20,30-33,35-36,46H,1-4,16-17,21-22,43H2,(H,44,47);2*(H,6,7)/t2*30?,31?,32?,35-,36+;;/m10../s1. The molecule has 4 saturated heterocycles. The lowest BCUT2D eigenvalue weighted by Gasteiger charge is -2.41. The maximum absolute atomic E-state index is 16.6. The van der Waals surface area contributed by atoms with Crippen LogP contribution in [0.3, 0.4) is 0 Å². The molecule has 2 aliphatic carbocycles. The number of alkyl halides is 10. The lowest BCUT2D eigenvalue weighted by Crippen LogP contribution is -2.61. The van der Waals surface area contributed by atoms with Crippen molar-refractivity contribution in [3.05, 3.63) is 202 Å². The van der Waals surface area contributed by atoms with Crippen molar-refractivity contribution in [3.8, 4) is 33.8 Å². The molecule has 14 rings (SSSR count). The third-order valence-corrected chi connectivity index (χ3v) is 21.7. The highest BCUT2D eigenvalue weighted by molar-refractivity contribution is 6.31. The first kappa shape index (κ1) is 83.4. The summed E-state index contributed by atoms with van der Waals surface area (Å²) in [6.07, 6.45) is 0.118. The average molecular weight is 1600 g/mol. The van der Waals surface area contributed by atoms with Crippen LogP contribution in [0, 0.1) is 0 Å². The number of nitrogens with one attached hydrogen (secondary N) is 2. The summed E-state index contributed by atoms with van der Waals surface area (Å²) in [5.74, 6) is -15.5. The number of hydrogen-bond donors (Lipinski definition) is 8. The van der Waals surface area contributed by atoms with Gasteiger partial charge in [-0.2, -0.15) is 43.9 Å². The van der Waals surface area contributed by atoms with Crippen LogP contribution in [-0.4, -0.2) is 139 Å². The fraction of sp³-hybridized carbons (Fsp3) is 0.390. The van der Waals surface area contributed by atoms with Crippen molar-refractivity contribution >= 4 is 80.3 Å². The molecular weight excluding hydrogens is 1520 g/mol. The van der Waals surface area contributed by atoms with Gasteiger partial charge in [0.15, 0.2) is 24.3 Å². The third kappa shape index (κ3) is 20.1. The number of ether oxygens (including phenoxy) is 2. The van der Waals surface area contributed by atoms with E-state index in [1.54, 1.807) is 109 Å². The molecule has 8 aromatic carbocycles. The number of rotatable bonds is 18. The van der Waals surface area contributed by atoms with Crippen molar-refractivity contribution in [1.82, 2.24) is 20.4 Å². The van der Waals surface area contributed by atoms with E-state index in [-0.39, 0.29) is 59.6 Å². The van der Waals surface area contributed by atoms with Gasteiger partial charge in [-0.25, -0.2) is 9.59 Å². The predicted molar refractivity (Wildman–Crippen MR) is 398 cm³/mol. The maximum atomic E-state index is 16.6. The largest absolute Gasteiger partial charge is 0.490 e. The topological polar surface area (TPSA) is 284 Å². The normalized spacial score (nSPS) is 20.9. The zero-order valence-electron chi connectivity index (χ0n) is 60.0. The Kier molecular flexibility index (Phi) is 26.2. The van der Waals surface area contributed by atoms with E-state index in [9.17, 15) is 55.7 Å². The molecule has 0 radical (unpaired) electrons. The van der Waals surface area contributed by atoms with Gasteiger partial charge in [0.1, 0.15) is 11.5 Å². The molecule has 0 spiro atoms. The highest BCUT2D eigenvalue weighted by Gasteiger charge is 2.55. The number of halogens is 12. The summed E-state index contributed by atoms with van der Waals surface area (Å²) in [6.45, 7) is 0. The fourth-order valence-electron chi connectivity index (χ4n) is 15.6. The van der Waals surface area contributed by atoms with Crippen LogP contribution >= 0.6 is 23.2 Å². The van der Waals surface area contributed by atoms with Gasteiger partial charge in [0, 0.05) is 57.4 Å². The second-order valence-corrected chi connectivity index (χ2v) is 29.9. The van der Waals surface area contributed by atoms with Gasteiger partial charge in [0.2, 0.25) is 0 Å². The number of carboxylic acids is 2. The first-order chi connectivity index (χ1) is 53.0. The quantitative estimate of drug-likeness (QED) is 0.0371. The first-order valence-corrected chi connectivity index (χ1v) is 37.4. The molecule has 4 amide bonds. The van der Waals surface area contributed by atoms with Crippen molar-refractivity contribution in [2.75, 3.05) is 0 Å². The highest BCUT2D eigenvalue weighted by atomic mass is 35.5. The number of aliphatic hydroxyl groups excluding tert-OH is 2. The monoisotopic (exact) mass is 1600 g/mol. The molecule has 18 nitrogen and oxygen atoms in total. The summed E-state index contributed by atoms with van der Waals surface area (Å²) in [5, 5.41) is 45.5. The van der Waals surface area contributed by atoms with Crippen molar-refractivity contribution < 1.29 is 103 Å². The van der Waals surface area contributed by atoms with Gasteiger partial charge in [-0.1, -0.05) is 132 Å². The summed E-state index contributed by atoms with van der Waals surface area (Å²) in [6, 6.07) is 40.6. The van der Waals surface area contributed by atoms with Crippen LogP contribution in [0.15, 0.2) is 170 Å². The number of aliphatic hydroxyl groups is 2. The molecule has 4 bridgehead atoms. The van der Waals surface area contributed by atoms with Crippen LogP contribution in [0.2, 0.25) is 10.0 Å². The second-order valence-electron chi connectivity index (χ2n) is 29.0. The number of carboxylic acid groups (broad SMARTS) is 2. The van der Waals surface area contributed by atoms with E-state index in [0.29, 0.717) is 72.5 Å². The third-order valence-electron chi connectivity index (χ3n) is 21.2. The molecule has 2 saturated carbocycles. The zero-order valence-corrected chi connectivity index (χ0v) is 61.6. The van der Waals surface area contributed by atoms with Gasteiger partial charge < -0.3 is 61.8 Å². The number of carbonyl (C=O) groups is 6. The lowest BCUT2D eigenvalue weighted by molar-refractivity contribution is -0.193. The Hall–Kier alpha value is -9.58. The van der Waals surface area contributed by atoms with E-state index >= 15 is 17.6 Å². The van der Waals surface area contributed by atoms with Crippen LogP contribution in [-0.2, 0) is 40.6 Å². The molecule has 8 atom stereocenters. The number of piperidine rings is 2. The smallest absolute Gasteiger partial charge is 0.490 e. The van der Waals surface area contributed by atoms with E-state index in [1.165, 1.54) is 34.1 Å². The number of aliphatic carboxylic acids is 2. The number of nitrogens with two attached hydrogens (primary N) is 2. The lowest BCUT2D eigenvalue weighted by atomic mass is 9.93. The predicted octanol–water partition coefficient (Wildman–Crippen LogP) is 15.8. The maximum Gasteiger partial charge on any atom is 0.490 e. The van der Waals surface area contributed by atoms with E-state index < -0.39 is 95.2 Å². The van der Waals surface area contributed by atoms with E-state index in [1.807, 2.05) is 36.4 Å². The Balaban J connectivity index is 0.000000189. The van der Waals surface area contributed by atoms with Gasteiger partial charge in [-0.3, -0.25) is 19.2 Å². The second kappa shape index (κ2) is 35.2. The summed E-state index contributed by atoms with van der Waals surface area (Å²) in [7, 11) is 0. The van der Waals surface area contributed by atoms with Crippen LogP contribution in [0.4, 0.5) is 43.9 Å². The molecule has 30 heteroatoms. The molecule has 4 aliphatic heterocycles. The summed E-state index contributed by atoms with van der Waals surface area (Å²) in [4.78, 5) is 76.2. The minimum Gasteiger partial charge on any atom is -0.490 e. The van der Waals surface area contributed by atoms with E-state index in [2.05, 4.69) is 10.6 Å². The SMILES string of the molecule is NC1CC2CCC(C1)N2C(=O)[C@@H](NC(=O)[C@@H](O)c1ccc2cc(OC3CCCC3)ccc2c1)C(F)(F)c1ccc(-c2ccc(Cl)cc2)cc1.NC1CC2CCC(C1)N2C(=O)[C@H](NC(=O)[C@H](O)c1ccc2cc(OC3CCCC3)ccc2c1)C(F)(F)c1ccc(-c2ccc(Cl)cc2)cc1.O=C(O)C(F)(F)F.O=C(O)C(F)(F)F. The molecule has 596 valence electrons. The molecule has 4 heterocycles. The number of benzene rings is 8. The number of hydrogen-bond acceptors (Lipinski definition) is 12. The molecule has 0 aromatic heterocycles. The summed E-state index contributed by atoms with van der Waals surface area (Å²) >= 11 is 12.0. The van der Waals surface area contributed by atoms with Gasteiger partial charge in [0.25, 0.3) is 23.6 Å². The van der Waals surface area contributed by atoms with Crippen LogP contribution in [0.25, 0.3) is 43.8 Å². The molecule has 112 heavy (non-hydrogen) atoms. The molecule has 4 unspecified atom stereocenters. The van der Waals surface area contributed by atoms with Gasteiger partial charge >= 0.3 is 36.1 Å². The molecule has 8 aromatic rings. The van der Waals surface area contributed by atoms with Gasteiger partial charge in [-0.15, -0.1) is 0 Å². The minimum atomic E-state index is -5.08. The van der Waals surface area contributed by atoms with Crippen molar-refractivity contribution in [3.63, 3.8) is 0 Å². The molecule has 6 fully saturated rings. The Morgan fingerprint density at radius 3 is 0.955 bits per heavy atom. The van der Waals surface area contributed by atoms with E-state index in [0.717, 1.165) is 95.5 Å². The Labute approximate surface area is 647 Å². The highest BCUT2D eigenvalue weighted by Crippen LogP contribution is 2.44. The molecular formula is C82H82Cl2F10N6O12. The van der Waals surface area contributed by atoms with Crippen molar-refractivity contribution in [2.24, 2.45) is 11.5 Å². The van der Waals surface area contributed by atoms with E-state index in [4.69, 9.17) is 63.9 Å². The van der Waals surface area contributed by atoms with Crippen molar-refractivity contribution in [2.45, 2.75) is 200 Å².